The lowest BCUT2D eigenvalue weighted by Crippen LogP contribution is -2.45. The van der Waals surface area contributed by atoms with Crippen LogP contribution in [0, 0.1) is 11.3 Å². The molecule has 1 aromatic carbocycles. The van der Waals surface area contributed by atoms with Crippen molar-refractivity contribution in [3.05, 3.63) is 46.2 Å². The molecule has 0 aliphatic carbocycles. The summed E-state index contributed by atoms with van der Waals surface area (Å²) in [5, 5.41) is 10.4. The zero-order valence-electron chi connectivity index (χ0n) is 13.7. The van der Waals surface area contributed by atoms with Crippen LogP contribution >= 0.6 is 23.2 Å². The molecule has 2 heterocycles. The Morgan fingerprint density at radius 1 is 1.17 bits per heavy atom. The van der Waals surface area contributed by atoms with E-state index in [0.29, 0.717) is 22.3 Å². The molecule has 126 valence electrons. The maximum absolute atomic E-state index is 9.47. The van der Waals surface area contributed by atoms with Gasteiger partial charge in [-0.05, 0) is 19.9 Å². The molecule has 1 fully saturated rings. The van der Waals surface area contributed by atoms with E-state index in [0.717, 1.165) is 24.2 Å². The smallest absolute Gasteiger partial charge is 0.101 e. The minimum absolute atomic E-state index is 0.210. The average molecular weight is 364 g/mol. The average Bonchev–Trinajstić information content (AvgIpc) is 2.91. The van der Waals surface area contributed by atoms with Crippen LogP contribution in [-0.2, 0) is 11.4 Å². The van der Waals surface area contributed by atoms with E-state index in [1.807, 2.05) is 29.1 Å². The molecule has 2 unspecified atom stereocenters. The Morgan fingerprint density at radius 3 is 2.54 bits per heavy atom. The van der Waals surface area contributed by atoms with Crippen molar-refractivity contribution in [1.82, 2.24) is 9.47 Å². The fourth-order valence-electron chi connectivity index (χ4n) is 3.24. The minimum Gasteiger partial charge on any atom is -0.373 e. The maximum atomic E-state index is 9.47. The van der Waals surface area contributed by atoms with Crippen molar-refractivity contribution < 1.29 is 4.74 Å². The molecule has 2 atom stereocenters. The van der Waals surface area contributed by atoms with Gasteiger partial charge in [0.1, 0.15) is 6.07 Å². The van der Waals surface area contributed by atoms with E-state index in [4.69, 9.17) is 27.9 Å². The minimum atomic E-state index is 0.210. The Bertz CT molecular complexity index is 771. The Hall–Kier alpha value is -1.51. The van der Waals surface area contributed by atoms with E-state index >= 15 is 0 Å². The highest BCUT2D eigenvalue weighted by Gasteiger charge is 2.22. The number of morpholine rings is 1. The van der Waals surface area contributed by atoms with Crippen molar-refractivity contribution >= 4 is 23.2 Å². The molecule has 3 rings (SSSR count). The highest BCUT2D eigenvalue weighted by molar-refractivity contribution is 6.43. The lowest BCUT2D eigenvalue weighted by Gasteiger charge is -2.35. The molecule has 0 spiro atoms. The molecule has 1 aliphatic heterocycles. The van der Waals surface area contributed by atoms with Gasteiger partial charge in [0.2, 0.25) is 0 Å². The van der Waals surface area contributed by atoms with E-state index in [1.165, 1.54) is 0 Å². The third kappa shape index (κ3) is 3.60. The molecule has 1 aromatic heterocycles. The summed E-state index contributed by atoms with van der Waals surface area (Å²) in [6, 6.07) is 7.72. The van der Waals surface area contributed by atoms with E-state index < -0.39 is 0 Å². The molecule has 4 nitrogen and oxygen atoms in total. The molecule has 0 radical (unpaired) electrons. The largest absolute Gasteiger partial charge is 0.373 e. The molecule has 0 amide bonds. The predicted molar refractivity (Wildman–Crippen MR) is 96.2 cm³/mol. The molecular weight excluding hydrogens is 345 g/mol. The van der Waals surface area contributed by atoms with Crippen LogP contribution in [0.1, 0.15) is 19.4 Å². The van der Waals surface area contributed by atoms with Gasteiger partial charge in [0.25, 0.3) is 0 Å². The van der Waals surface area contributed by atoms with Gasteiger partial charge in [-0.25, -0.2) is 0 Å². The van der Waals surface area contributed by atoms with Gasteiger partial charge < -0.3 is 9.30 Å². The van der Waals surface area contributed by atoms with E-state index in [-0.39, 0.29) is 12.2 Å². The van der Waals surface area contributed by atoms with Crippen molar-refractivity contribution in [3.63, 3.8) is 0 Å². The summed E-state index contributed by atoms with van der Waals surface area (Å²) in [6.45, 7) is 6.62. The fourth-order valence-corrected chi connectivity index (χ4v) is 3.64. The first-order chi connectivity index (χ1) is 11.5. The number of rotatable bonds is 3. The number of nitrogens with zero attached hydrogens (tertiary/aromatic N) is 3. The van der Waals surface area contributed by atoms with Gasteiger partial charge in [0.15, 0.2) is 0 Å². The molecule has 0 N–H and O–H groups in total. The van der Waals surface area contributed by atoms with Gasteiger partial charge in [-0.3, -0.25) is 4.90 Å². The van der Waals surface area contributed by atoms with Gasteiger partial charge in [-0.2, -0.15) is 5.26 Å². The number of ether oxygens (including phenoxy) is 1. The predicted octanol–water partition coefficient (Wildman–Crippen LogP) is 4.40. The van der Waals surface area contributed by atoms with Gasteiger partial charge in [0.05, 0.1) is 34.5 Å². The molecule has 0 bridgehead atoms. The summed E-state index contributed by atoms with van der Waals surface area (Å²) in [6.07, 6.45) is 4.24. The summed E-state index contributed by atoms with van der Waals surface area (Å²) >= 11 is 12.4. The molecule has 0 saturated carbocycles. The fraction of sp³-hybridized carbons (Fsp3) is 0.389. The van der Waals surface area contributed by atoms with E-state index in [2.05, 4.69) is 24.8 Å². The standard InChI is InChI=1S/C18H19Cl2N3O/c1-12-7-22(8-13(2)24-12)11-23-9-14(6-21)16(10-23)15-4-3-5-17(19)18(15)20/h3-5,9-10,12-13H,7-8,11H2,1-2H3. The second-order valence-electron chi connectivity index (χ2n) is 6.25. The van der Waals surface area contributed by atoms with Crippen LogP contribution in [0.3, 0.4) is 0 Å². The first-order valence-electron chi connectivity index (χ1n) is 7.90. The van der Waals surface area contributed by atoms with Crippen molar-refractivity contribution in [2.45, 2.75) is 32.7 Å². The van der Waals surface area contributed by atoms with E-state index in [9.17, 15) is 5.26 Å². The molecular formula is C18H19Cl2N3O. The first kappa shape index (κ1) is 17.3. The highest BCUT2D eigenvalue weighted by atomic mass is 35.5. The normalized spacial score (nSPS) is 21.6. The van der Waals surface area contributed by atoms with Gasteiger partial charge in [-0.15, -0.1) is 0 Å². The quantitative estimate of drug-likeness (QED) is 0.811. The van der Waals surface area contributed by atoms with Crippen LogP contribution in [0.2, 0.25) is 10.0 Å². The molecule has 2 aromatic rings. The summed E-state index contributed by atoms with van der Waals surface area (Å²) < 4.78 is 7.79. The highest BCUT2D eigenvalue weighted by Crippen LogP contribution is 2.35. The van der Waals surface area contributed by atoms with Gasteiger partial charge in [0, 0.05) is 36.6 Å². The van der Waals surface area contributed by atoms with Crippen molar-refractivity contribution in [2.75, 3.05) is 13.1 Å². The summed E-state index contributed by atoms with van der Waals surface area (Å²) in [5.74, 6) is 0. The summed E-state index contributed by atoms with van der Waals surface area (Å²) in [7, 11) is 0. The lowest BCUT2D eigenvalue weighted by molar-refractivity contribution is -0.0764. The number of hydrogen-bond acceptors (Lipinski definition) is 3. The first-order valence-corrected chi connectivity index (χ1v) is 8.65. The number of nitriles is 1. The second kappa shape index (κ2) is 7.16. The van der Waals surface area contributed by atoms with Crippen LogP contribution in [0.4, 0.5) is 0 Å². The van der Waals surface area contributed by atoms with Crippen molar-refractivity contribution in [2.24, 2.45) is 0 Å². The Balaban J connectivity index is 1.88. The molecule has 1 saturated heterocycles. The monoisotopic (exact) mass is 363 g/mol. The lowest BCUT2D eigenvalue weighted by atomic mass is 10.1. The third-order valence-electron chi connectivity index (χ3n) is 4.10. The topological polar surface area (TPSA) is 41.2 Å². The van der Waals surface area contributed by atoms with Crippen LogP contribution in [0.15, 0.2) is 30.6 Å². The number of hydrogen-bond donors (Lipinski definition) is 0. The number of halogens is 2. The number of benzene rings is 1. The van der Waals surface area contributed by atoms with Gasteiger partial charge >= 0.3 is 0 Å². The van der Waals surface area contributed by atoms with Gasteiger partial charge in [-0.1, -0.05) is 35.3 Å². The molecule has 6 heteroatoms. The summed E-state index contributed by atoms with van der Waals surface area (Å²) in [5.41, 5.74) is 2.18. The van der Waals surface area contributed by atoms with Crippen LogP contribution in [-0.4, -0.2) is 34.8 Å². The summed E-state index contributed by atoms with van der Waals surface area (Å²) in [4.78, 5) is 2.32. The van der Waals surface area contributed by atoms with Crippen molar-refractivity contribution in [1.29, 1.82) is 5.26 Å². The maximum Gasteiger partial charge on any atom is 0.101 e. The SMILES string of the molecule is CC1CN(Cn2cc(C#N)c(-c3cccc(Cl)c3Cl)c2)CC(C)O1. The van der Waals surface area contributed by atoms with E-state index in [1.54, 1.807) is 6.07 Å². The molecule has 1 aliphatic rings. The zero-order chi connectivity index (χ0) is 17.3. The zero-order valence-corrected chi connectivity index (χ0v) is 15.2. The third-order valence-corrected chi connectivity index (χ3v) is 4.92. The Morgan fingerprint density at radius 2 is 1.88 bits per heavy atom. The molecule has 24 heavy (non-hydrogen) atoms. The van der Waals surface area contributed by atoms with Crippen LogP contribution in [0.25, 0.3) is 11.1 Å². The second-order valence-corrected chi connectivity index (χ2v) is 7.03. The van der Waals surface area contributed by atoms with Crippen molar-refractivity contribution in [3.8, 4) is 17.2 Å². The van der Waals surface area contributed by atoms with Crippen LogP contribution in [0.5, 0.6) is 0 Å². The van der Waals surface area contributed by atoms with Crippen LogP contribution < -0.4 is 0 Å². The Labute approximate surface area is 152 Å². The number of aromatic nitrogens is 1. The Kier molecular flexibility index (Phi) is 5.17.